The van der Waals surface area contributed by atoms with E-state index in [2.05, 4.69) is 0 Å². The molecule has 1 aromatic rings. The van der Waals surface area contributed by atoms with E-state index >= 15 is 0 Å². The molecule has 0 aromatic heterocycles. The number of sulfonamides is 1. The number of methoxy groups -OCH3 is 1. The van der Waals surface area contributed by atoms with Gasteiger partial charge >= 0.3 is 5.97 Å². The summed E-state index contributed by atoms with van der Waals surface area (Å²) in [6.45, 7) is 4.30. The van der Waals surface area contributed by atoms with Crippen molar-refractivity contribution in [3.63, 3.8) is 0 Å². The molecule has 1 fully saturated rings. The standard InChI is InChI=1S/C15H21NO6S/c1-11-6-12(14(17)18)8-13(7-11)23(19,20)16-4-5-22-10-15(16,2)9-21-3/h6-8H,4-5,9-10H2,1-3H3,(H,17,18). The molecule has 1 saturated heterocycles. The summed E-state index contributed by atoms with van der Waals surface area (Å²) >= 11 is 0. The van der Waals surface area contributed by atoms with Crippen molar-refractivity contribution in [3.8, 4) is 0 Å². The SMILES string of the molecule is COCC1(C)COCCN1S(=O)(=O)c1cc(C)cc(C(=O)O)c1. The Bertz CT molecular complexity index is 698. The molecule has 2 rings (SSSR count). The molecule has 23 heavy (non-hydrogen) atoms. The summed E-state index contributed by atoms with van der Waals surface area (Å²) < 4.78 is 37.9. The van der Waals surface area contributed by atoms with E-state index in [9.17, 15) is 13.2 Å². The van der Waals surface area contributed by atoms with Crippen LogP contribution in [-0.4, -0.2) is 62.8 Å². The lowest BCUT2D eigenvalue weighted by Gasteiger charge is -2.42. The van der Waals surface area contributed by atoms with E-state index in [-0.39, 0.29) is 36.8 Å². The number of morpholine rings is 1. The highest BCUT2D eigenvalue weighted by Crippen LogP contribution is 2.29. The second-order valence-electron chi connectivity index (χ2n) is 5.90. The van der Waals surface area contributed by atoms with Gasteiger partial charge in [-0.2, -0.15) is 4.31 Å². The number of aryl methyl sites for hydroxylation is 1. The number of carboxylic acids is 1. The summed E-state index contributed by atoms with van der Waals surface area (Å²) in [6.07, 6.45) is 0. The minimum Gasteiger partial charge on any atom is -0.478 e. The summed E-state index contributed by atoms with van der Waals surface area (Å²) in [5, 5.41) is 9.15. The average Bonchev–Trinajstić information content (AvgIpc) is 2.46. The summed E-state index contributed by atoms with van der Waals surface area (Å²) in [6, 6.07) is 4.10. The van der Waals surface area contributed by atoms with Crippen molar-refractivity contribution in [3.05, 3.63) is 29.3 Å². The van der Waals surface area contributed by atoms with E-state index in [1.165, 1.54) is 29.6 Å². The maximum Gasteiger partial charge on any atom is 0.335 e. The molecule has 7 nitrogen and oxygen atoms in total. The highest BCUT2D eigenvalue weighted by molar-refractivity contribution is 7.89. The van der Waals surface area contributed by atoms with Gasteiger partial charge in [0, 0.05) is 13.7 Å². The molecule has 1 aliphatic rings. The maximum absolute atomic E-state index is 13.0. The lowest BCUT2D eigenvalue weighted by molar-refractivity contribution is -0.0509. The smallest absolute Gasteiger partial charge is 0.335 e. The number of ether oxygens (including phenoxy) is 2. The van der Waals surface area contributed by atoms with Crippen molar-refractivity contribution in [2.24, 2.45) is 0 Å². The summed E-state index contributed by atoms with van der Waals surface area (Å²) in [4.78, 5) is 11.2. The normalized spacial score (nSPS) is 22.9. The molecule has 1 aliphatic heterocycles. The van der Waals surface area contributed by atoms with E-state index in [1.807, 2.05) is 0 Å². The van der Waals surface area contributed by atoms with Crippen molar-refractivity contribution in [2.45, 2.75) is 24.3 Å². The van der Waals surface area contributed by atoms with Gasteiger partial charge in [-0.15, -0.1) is 0 Å². The molecular formula is C15H21NO6S. The monoisotopic (exact) mass is 343 g/mol. The van der Waals surface area contributed by atoms with Crippen LogP contribution in [0.15, 0.2) is 23.1 Å². The third-order valence-electron chi connectivity index (χ3n) is 3.79. The number of aromatic carboxylic acids is 1. The van der Waals surface area contributed by atoms with Gasteiger partial charge < -0.3 is 14.6 Å². The van der Waals surface area contributed by atoms with Crippen LogP contribution in [0, 0.1) is 6.92 Å². The molecule has 0 bridgehead atoms. The fourth-order valence-corrected chi connectivity index (χ4v) is 4.63. The van der Waals surface area contributed by atoms with Crippen LogP contribution >= 0.6 is 0 Å². The Morgan fingerprint density at radius 3 is 2.74 bits per heavy atom. The number of rotatable bonds is 5. The van der Waals surface area contributed by atoms with Gasteiger partial charge in [-0.1, -0.05) is 0 Å². The molecule has 0 amide bonds. The highest BCUT2D eigenvalue weighted by Gasteiger charge is 2.43. The van der Waals surface area contributed by atoms with Gasteiger partial charge in [0.15, 0.2) is 0 Å². The van der Waals surface area contributed by atoms with Crippen LogP contribution in [0.1, 0.15) is 22.8 Å². The number of benzene rings is 1. The van der Waals surface area contributed by atoms with Crippen LogP contribution in [0.4, 0.5) is 0 Å². The van der Waals surface area contributed by atoms with Gasteiger partial charge in [-0.3, -0.25) is 0 Å². The molecule has 1 heterocycles. The van der Waals surface area contributed by atoms with E-state index in [4.69, 9.17) is 14.6 Å². The minimum atomic E-state index is -3.86. The molecule has 0 spiro atoms. The number of hydrogen-bond donors (Lipinski definition) is 1. The molecule has 0 radical (unpaired) electrons. The Kier molecular flexibility index (Phi) is 5.10. The average molecular weight is 343 g/mol. The quantitative estimate of drug-likeness (QED) is 0.861. The predicted molar refractivity (Wildman–Crippen MR) is 83.1 cm³/mol. The fraction of sp³-hybridized carbons (Fsp3) is 0.533. The molecule has 8 heteroatoms. The van der Waals surface area contributed by atoms with Crippen molar-refractivity contribution in [1.82, 2.24) is 4.31 Å². The highest BCUT2D eigenvalue weighted by atomic mass is 32.2. The Hall–Kier alpha value is -1.48. The van der Waals surface area contributed by atoms with Crippen LogP contribution in [0.5, 0.6) is 0 Å². The molecule has 1 unspecified atom stereocenters. The van der Waals surface area contributed by atoms with Crippen molar-refractivity contribution < 1.29 is 27.8 Å². The lowest BCUT2D eigenvalue weighted by atomic mass is 10.0. The molecule has 1 atom stereocenters. The zero-order valence-electron chi connectivity index (χ0n) is 13.4. The largest absolute Gasteiger partial charge is 0.478 e. The number of hydrogen-bond acceptors (Lipinski definition) is 5. The van der Waals surface area contributed by atoms with Crippen LogP contribution in [-0.2, 0) is 19.5 Å². The van der Waals surface area contributed by atoms with Crippen LogP contribution in [0.25, 0.3) is 0 Å². The van der Waals surface area contributed by atoms with E-state index < -0.39 is 21.5 Å². The first-order valence-corrected chi connectivity index (χ1v) is 8.59. The second-order valence-corrected chi connectivity index (χ2v) is 7.76. The van der Waals surface area contributed by atoms with Crippen molar-refractivity contribution in [1.29, 1.82) is 0 Å². The molecule has 0 saturated carbocycles. The Morgan fingerprint density at radius 2 is 2.13 bits per heavy atom. The molecule has 1 aromatic carbocycles. The lowest BCUT2D eigenvalue weighted by Crippen LogP contribution is -2.59. The zero-order chi connectivity index (χ0) is 17.3. The van der Waals surface area contributed by atoms with Gasteiger partial charge in [0.25, 0.3) is 0 Å². The topological polar surface area (TPSA) is 93.1 Å². The third-order valence-corrected chi connectivity index (χ3v) is 5.83. The van der Waals surface area contributed by atoms with Crippen LogP contribution in [0.2, 0.25) is 0 Å². The predicted octanol–water partition coefficient (Wildman–Crippen LogP) is 1.12. The summed E-state index contributed by atoms with van der Waals surface area (Å²) in [5.74, 6) is -1.16. The Balaban J connectivity index is 2.50. The minimum absolute atomic E-state index is 0.0286. The van der Waals surface area contributed by atoms with Gasteiger partial charge in [0.1, 0.15) is 0 Å². The molecule has 128 valence electrons. The Labute approximate surface area is 135 Å². The molecule has 1 N–H and O–H groups in total. The Morgan fingerprint density at radius 1 is 1.43 bits per heavy atom. The van der Waals surface area contributed by atoms with Gasteiger partial charge in [-0.25, -0.2) is 13.2 Å². The van der Waals surface area contributed by atoms with Crippen molar-refractivity contribution in [2.75, 3.05) is 33.5 Å². The van der Waals surface area contributed by atoms with Gasteiger partial charge in [-0.05, 0) is 37.6 Å². The van der Waals surface area contributed by atoms with E-state index in [0.29, 0.717) is 5.56 Å². The van der Waals surface area contributed by atoms with Crippen molar-refractivity contribution >= 4 is 16.0 Å². The van der Waals surface area contributed by atoms with Crippen LogP contribution < -0.4 is 0 Å². The molecule has 0 aliphatic carbocycles. The zero-order valence-corrected chi connectivity index (χ0v) is 14.2. The second kappa shape index (κ2) is 6.56. The number of carbonyl (C=O) groups is 1. The summed E-state index contributed by atoms with van der Waals surface area (Å²) in [7, 11) is -2.36. The number of nitrogens with zero attached hydrogens (tertiary/aromatic N) is 1. The van der Waals surface area contributed by atoms with Crippen LogP contribution in [0.3, 0.4) is 0 Å². The first kappa shape index (κ1) is 17.9. The number of carboxylic acid groups (broad SMARTS) is 1. The first-order chi connectivity index (χ1) is 10.7. The third kappa shape index (κ3) is 3.55. The van der Waals surface area contributed by atoms with E-state index in [0.717, 1.165) is 0 Å². The first-order valence-electron chi connectivity index (χ1n) is 7.15. The molecular weight excluding hydrogens is 322 g/mol. The van der Waals surface area contributed by atoms with E-state index in [1.54, 1.807) is 13.8 Å². The maximum atomic E-state index is 13.0. The summed E-state index contributed by atoms with van der Waals surface area (Å²) in [5.41, 5.74) is -0.311. The fourth-order valence-electron chi connectivity index (χ4n) is 2.76. The van der Waals surface area contributed by atoms with Gasteiger partial charge in [0.2, 0.25) is 10.0 Å². The van der Waals surface area contributed by atoms with Gasteiger partial charge in [0.05, 0.1) is 35.8 Å².